The molecule has 3 aromatic rings. The molecule has 0 atom stereocenters. The van der Waals surface area contributed by atoms with Gasteiger partial charge < -0.3 is 9.73 Å². The van der Waals surface area contributed by atoms with Crippen LogP contribution in [0.1, 0.15) is 31.3 Å². The summed E-state index contributed by atoms with van der Waals surface area (Å²) in [5.74, 6) is -1.27. The highest BCUT2D eigenvalue weighted by molar-refractivity contribution is 9.10. The van der Waals surface area contributed by atoms with Crippen LogP contribution in [0.2, 0.25) is 0 Å². The molecule has 136 valence electrons. The lowest BCUT2D eigenvalue weighted by atomic mass is 10.2. The van der Waals surface area contributed by atoms with Gasteiger partial charge in [-0.05, 0) is 58.4 Å². The number of amides is 3. The highest BCUT2D eigenvalue weighted by Gasteiger charge is 2.13. The third-order valence-electron chi connectivity index (χ3n) is 3.51. The Bertz CT molecular complexity index is 985. The van der Waals surface area contributed by atoms with Crippen molar-refractivity contribution in [2.75, 3.05) is 5.32 Å². The van der Waals surface area contributed by atoms with E-state index in [4.69, 9.17) is 4.42 Å². The summed E-state index contributed by atoms with van der Waals surface area (Å²) in [4.78, 5) is 36.3. The van der Waals surface area contributed by atoms with Gasteiger partial charge in [-0.25, -0.2) is 0 Å². The van der Waals surface area contributed by atoms with E-state index in [1.807, 2.05) is 0 Å². The van der Waals surface area contributed by atoms with Gasteiger partial charge in [0.2, 0.25) is 0 Å². The second-order valence-corrected chi connectivity index (χ2v) is 6.19. The number of rotatable bonds is 4. The van der Waals surface area contributed by atoms with E-state index in [9.17, 15) is 14.4 Å². The molecule has 0 aliphatic carbocycles. The van der Waals surface area contributed by atoms with Crippen LogP contribution in [0.3, 0.4) is 0 Å². The molecule has 0 bridgehead atoms. The number of benzene rings is 2. The zero-order chi connectivity index (χ0) is 19.2. The first-order valence-corrected chi connectivity index (χ1v) is 8.65. The van der Waals surface area contributed by atoms with E-state index in [0.717, 1.165) is 0 Å². The fraction of sp³-hybridized carbons (Fsp3) is 0. The zero-order valence-electron chi connectivity index (χ0n) is 13.9. The topological polar surface area (TPSA) is 100 Å². The molecule has 2 aromatic carbocycles. The van der Waals surface area contributed by atoms with Gasteiger partial charge in [-0.3, -0.25) is 25.2 Å². The molecular weight excluding hydrogens is 414 g/mol. The molecule has 1 aromatic heterocycles. The van der Waals surface area contributed by atoms with E-state index in [0.29, 0.717) is 15.9 Å². The third-order valence-corrected chi connectivity index (χ3v) is 3.93. The normalized spacial score (nSPS) is 10.1. The molecule has 0 unspecified atom stereocenters. The Hall–Kier alpha value is -3.39. The Balaban J connectivity index is 1.61. The average Bonchev–Trinajstić information content (AvgIpc) is 3.13. The lowest BCUT2D eigenvalue weighted by molar-refractivity contribution is 0.0846. The zero-order valence-corrected chi connectivity index (χ0v) is 15.4. The van der Waals surface area contributed by atoms with E-state index in [-0.39, 0.29) is 11.3 Å². The smallest absolute Gasteiger partial charge is 0.291 e. The van der Waals surface area contributed by atoms with E-state index in [2.05, 4.69) is 32.1 Å². The third kappa shape index (κ3) is 4.83. The highest BCUT2D eigenvalue weighted by Crippen LogP contribution is 2.17. The minimum absolute atomic E-state index is 0.131. The van der Waals surface area contributed by atoms with Crippen molar-refractivity contribution in [3.05, 3.63) is 88.3 Å². The molecule has 8 heteroatoms. The molecule has 0 saturated carbocycles. The predicted octanol–water partition coefficient (Wildman–Crippen LogP) is 3.37. The molecule has 0 aliphatic heterocycles. The van der Waals surface area contributed by atoms with E-state index >= 15 is 0 Å². The number of hydrogen-bond donors (Lipinski definition) is 3. The van der Waals surface area contributed by atoms with Crippen LogP contribution >= 0.6 is 15.9 Å². The molecule has 27 heavy (non-hydrogen) atoms. The molecular formula is C19H14BrN3O4. The highest BCUT2D eigenvalue weighted by atomic mass is 79.9. The second-order valence-electron chi connectivity index (χ2n) is 5.41. The maximum Gasteiger partial charge on any atom is 0.291 e. The van der Waals surface area contributed by atoms with Crippen molar-refractivity contribution in [3.63, 3.8) is 0 Å². The molecule has 3 rings (SSSR count). The van der Waals surface area contributed by atoms with Gasteiger partial charge in [0.15, 0.2) is 10.4 Å². The van der Waals surface area contributed by atoms with E-state index in [1.54, 1.807) is 54.6 Å². The first-order chi connectivity index (χ1) is 13.0. The summed E-state index contributed by atoms with van der Waals surface area (Å²) in [7, 11) is 0. The Kier molecular flexibility index (Phi) is 5.68. The first-order valence-electron chi connectivity index (χ1n) is 7.85. The van der Waals surface area contributed by atoms with Gasteiger partial charge >= 0.3 is 0 Å². The first kappa shape index (κ1) is 18.4. The van der Waals surface area contributed by atoms with Crippen molar-refractivity contribution in [3.8, 4) is 0 Å². The van der Waals surface area contributed by atoms with Crippen molar-refractivity contribution in [2.45, 2.75) is 0 Å². The molecule has 1 heterocycles. The minimum atomic E-state index is -0.517. The summed E-state index contributed by atoms with van der Waals surface area (Å²) in [6.07, 6.45) is 0. The summed E-state index contributed by atoms with van der Waals surface area (Å²) in [5, 5.41) is 2.64. The quantitative estimate of drug-likeness (QED) is 0.555. The van der Waals surface area contributed by atoms with Gasteiger partial charge in [-0.15, -0.1) is 0 Å². The lowest BCUT2D eigenvalue weighted by Gasteiger charge is -2.09. The van der Waals surface area contributed by atoms with Crippen LogP contribution in [0.4, 0.5) is 5.69 Å². The Labute approximate surface area is 162 Å². The van der Waals surface area contributed by atoms with Gasteiger partial charge in [0.05, 0.1) is 0 Å². The van der Waals surface area contributed by atoms with Crippen molar-refractivity contribution in [2.24, 2.45) is 0 Å². The molecule has 7 nitrogen and oxygen atoms in total. The largest absolute Gasteiger partial charge is 0.444 e. The van der Waals surface area contributed by atoms with Gasteiger partial charge in [0.25, 0.3) is 17.7 Å². The number of hydrazine groups is 1. The minimum Gasteiger partial charge on any atom is -0.444 e. The fourth-order valence-corrected chi connectivity index (χ4v) is 2.52. The SMILES string of the molecule is O=C(NNC(=O)c1cccc(NC(=O)c2ccc(Br)o2)c1)c1ccccc1. The van der Waals surface area contributed by atoms with Crippen molar-refractivity contribution >= 4 is 39.3 Å². The number of carbonyl (C=O) groups excluding carboxylic acids is 3. The van der Waals surface area contributed by atoms with Gasteiger partial charge in [-0.1, -0.05) is 24.3 Å². The van der Waals surface area contributed by atoms with Crippen LogP contribution in [0, 0.1) is 0 Å². The van der Waals surface area contributed by atoms with Gasteiger partial charge in [0.1, 0.15) is 0 Å². The van der Waals surface area contributed by atoms with Gasteiger partial charge in [-0.2, -0.15) is 0 Å². The van der Waals surface area contributed by atoms with Crippen LogP contribution in [0.15, 0.2) is 75.8 Å². The maximum atomic E-state index is 12.2. The van der Waals surface area contributed by atoms with Crippen molar-refractivity contribution < 1.29 is 18.8 Å². The maximum absolute atomic E-state index is 12.2. The molecule has 0 fully saturated rings. The lowest BCUT2D eigenvalue weighted by Crippen LogP contribution is -2.41. The number of nitrogens with one attached hydrogen (secondary N) is 3. The summed E-state index contributed by atoms with van der Waals surface area (Å²) in [6.45, 7) is 0. The second kappa shape index (κ2) is 8.33. The Morgan fingerprint density at radius 1 is 0.741 bits per heavy atom. The molecule has 3 N–H and O–H groups in total. The summed E-state index contributed by atoms with van der Waals surface area (Å²) < 4.78 is 5.62. The van der Waals surface area contributed by atoms with Crippen LogP contribution < -0.4 is 16.2 Å². The Morgan fingerprint density at radius 3 is 2.07 bits per heavy atom. The monoisotopic (exact) mass is 427 g/mol. The molecule has 0 aliphatic rings. The summed E-state index contributed by atoms with van der Waals surface area (Å²) in [5.41, 5.74) is 5.77. The van der Waals surface area contributed by atoms with Crippen molar-refractivity contribution in [1.82, 2.24) is 10.9 Å². The Morgan fingerprint density at radius 2 is 1.41 bits per heavy atom. The van der Waals surface area contributed by atoms with Crippen LogP contribution in [-0.4, -0.2) is 17.7 Å². The van der Waals surface area contributed by atoms with Crippen LogP contribution in [0.5, 0.6) is 0 Å². The van der Waals surface area contributed by atoms with Gasteiger partial charge in [0, 0.05) is 16.8 Å². The fourth-order valence-electron chi connectivity index (χ4n) is 2.21. The number of hydrogen-bond acceptors (Lipinski definition) is 4. The van der Waals surface area contributed by atoms with Crippen molar-refractivity contribution in [1.29, 1.82) is 0 Å². The van der Waals surface area contributed by atoms with Crippen LogP contribution in [0.25, 0.3) is 0 Å². The average molecular weight is 428 g/mol. The standard InChI is InChI=1S/C19H14BrN3O4/c20-16-10-9-15(27-16)19(26)21-14-8-4-7-13(11-14)18(25)23-22-17(24)12-5-2-1-3-6-12/h1-11H,(H,21,26)(H,22,24)(H,23,25). The number of anilines is 1. The molecule has 0 radical (unpaired) electrons. The van der Waals surface area contributed by atoms with E-state index in [1.165, 1.54) is 12.1 Å². The summed E-state index contributed by atoms with van der Waals surface area (Å²) >= 11 is 3.13. The summed E-state index contributed by atoms with van der Waals surface area (Å²) in [6, 6.07) is 17.9. The van der Waals surface area contributed by atoms with Crippen LogP contribution in [-0.2, 0) is 0 Å². The molecule has 3 amide bonds. The predicted molar refractivity (Wildman–Crippen MR) is 102 cm³/mol. The molecule has 0 spiro atoms. The molecule has 0 saturated heterocycles. The van der Waals surface area contributed by atoms with E-state index < -0.39 is 17.7 Å². The number of furan rings is 1. The number of carbonyl (C=O) groups is 3. The number of halogens is 1.